The fourth-order valence-corrected chi connectivity index (χ4v) is 2.40. The summed E-state index contributed by atoms with van der Waals surface area (Å²) in [4.78, 5) is 12.0. The van der Waals surface area contributed by atoms with Crippen LogP contribution in [0.1, 0.15) is 46.4 Å². The number of hydrogen-bond donors (Lipinski definition) is 2. The number of carbonyl (C=O) groups is 1. The normalized spacial score (nSPS) is 18.4. The Morgan fingerprint density at radius 2 is 2.50 bits per heavy atom. The van der Waals surface area contributed by atoms with Crippen LogP contribution in [0.2, 0.25) is 0 Å². The van der Waals surface area contributed by atoms with E-state index in [0.717, 1.165) is 36.3 Å². The summed E-state index contributed by atoms with van der Waals surface area (Å²) in [6.07, 6.45) is 4.62. The predicted molar refractivity (Wildman–Crippen MR) is 65.2 cm³/mol. The van der Waals surface area contributed by atoms with Gasteiger partial charge in [0, 0.05) is 17.7 Å². The number of rotatable bonds is 2. The number of aromatic nitrogens is 2. The first-order chi connectivity index (χ1) is 8.74. The van der Waals surface area contributed by atoms with E-state index in [1.165, 1.54) is 0 Å². The Labute approximate surface area is 105 Å². The summed E-state index contributed by atoms with van der Waals surface area (Å²) >= 11 is 0. The zero-order valence-corrected chi connectivity index (χ0v) is 10.2. The maximum Gasteiger partial charge on any atom is 0.272 e. The molecule has 2 N–H and O–H groups in total. The van der Waals surface area contributed by atoms with Gasteiger partial charge < -0.3 is 9.73 Å². The van der Waals surface area contributed by atoms with Gasteiger partial charge in [0.25, 0.3) is 5.91 Å². The minimum Gasteiger partial charge on any atom is -0.469 e. The van der Waals surface area contributed by atoms with Crippen LogP contribution in [0, 0.1) is 6.92 Å². The number of H-pyrrole nitrogens is 1. The fourth-order valence-electron chi connectivity index (χ4n) is 2.40. The molecule has 94 valence electrons. The van der Waals surface area contributed by atoms with Crippen LogP contribution in [-0.2, 0) is 6.42 Å². The molecule has 0 unspecified atom stereocenters. The Morgan fingerprint density at radius 3 is 3.28 bits per heavy atom. The molecule has 0 saturated heterocycles. The SMILES string of the molecule is Cc1cc(C(=O)N[C@@H]2CCCc3occc32)n[nH]1. The minimum atomic E-state index is -0.140. The number of fused-ring (bicyclic) bond motifs is 1. The third kappa shape index (κ3) is 1.92. The Balaban J connectivity index is 1.77. The number of furan rings is 1. The van der Waals surface area contributed by atoms with E-state index in [1.807, 2.05) is 13.0 Å². The molecule has 0 spiro atoms. The van der Waals surface area contributed by atoms with Crippen molar-refractivity contribution in [1.29, 1.82) is 0 Å². The lowest BCUT2D eigenvalue weighted by atomic mass is 9.93. The van der Waals surface area contributed by atoms with Gasteiger partial charge in [-0.2, -0.15) is 5.10 Å². The van der Waals surface area contributed by atoms with E-state index >= 15 is 0 Å². The maximum absolute atomic E-state index is 12.0. The van der Waals surface area contributed by atoms with Crippen molar-refractivity contribution in [3.05, 3.63) is 41.1 Å². The molecule has 0 fully saturated rings. The fraction of sp³-hybridized carbons (Fsp3) is 0.385. The van der Waals surface area contributed by atoms with Crippen molar-refractivity contribution in [3.8, 4) is 0 Å². The zero-order valence-electron chi connectivity index (χ0n) is 10.2. The van der Waals surface area contributed by atoms with Crippen LogP contribution in [0.25, 0.3) is 0 Å². The Bertz CT molecular complexity index is 570. The van der Waals surface area contributed by atoms with Crippen LogP contribution in [0.3, 0.4) is 0 Å². The first-order valence-corrected chi connectivity index (χ1v) is 6.13. The summed E-state index contributed by atoms with van der Waals surface area (Å²) in [6, 6.07) is 3.72. The summed E-state index contributed by atoms with van der Waals surface area (Å²) in [7, 11) is 0. The molecule has 0 radical (unpaired) electrons. The molecule has 0 aromatic carbocycles. The molecule has 1 amide bonds. The predicted octanol–water partition coefficient (Wildman–Crippen LogP) is 2.12. The lowest BCUT2D eigenvalue weighted by Gasteiger charge is -2.22. The first kappa shape index (κ1) is 11.1. The van der Waals surface area contributed by atoms with Gasteiger partial charge in [0.05, 0.1) is 12.3 Å². The summed E-state index contributed by atoms with van der Waals surface area (Å²) in [5, 5.41) is 9.75. The van der Waals surface area contributed by atoms with Crippen molar-refractivity contribution < 1.29 is 9.21 Å². The average molecular weight is 245 g/mol. The van der Waals surface area contributed by atoms with E-state index in [-0.39, 0.29) is 11.9 Å². The molecule has 0 bridgehead atoms. The van der Waals surface area contributed by atoms with Gasteiger partial charge in [-0.25, -0.2) is 0 Å². The standard InChI is InChI=1S/C13H15N3O2/c1-8-7-11(16-15-8)13(17)14-10-3-2-4-12-9(10)5-6-18-12/h5-7,10H,2-4H2,1H3,(H,14,17)(H,15,16)/t10-/m1/s1. The van der Waals surface area contributed by atoms with Crippen molar-refractivity contribution in [2.45, 2.75) is 32.2 Å². The van der Waals surface area contributed by atoms with E-state index in [0.29, 0.717) is 5.69 Å². The second kappa shape index (κ2) is 4.33. The molecule has 2 aromatic heterocycles. The summed E-state index contributed by atoms with van der Waals surface area (Å²) in [5.74, 6) is 0.850. The van der Waals surface area contributed by atoms with Gasteiger partial charge in [-0.3, -0.25) is 9.89 Å². The van der Waals surface area contributed by atoms with Crippen LogP contribution in [-0.4, -0.2) is 16.1 Å². The number of amides is 1. The summed E-state index contributed by atoms with van der Waals surface area (Å²) in [5.41, 5.74) is 2.41. The van der Waals surface area contributed by atoms with Crippen LogP contribution >= 0.6 is 0 Å². The number of nitrogens with zero attached hydrogens (tertiary/aromatic N) is 1. The van der Waals surface area contributed by atoms with Gasteiger partial charge in [-0.1, -0.05) is 0 Å². The molecular weight excluding hydrogens is 230 g/mol. The van der Waals surface area contributed by atoms with Crippen LogP contribution in [0.4, 0.5) is 0 Å². The van der Waals surface area contributed by atoms with Gasteiger partial charge in [0.1, 0.15) is 11.5 Å². The van der Waals surface area contributed by atoms with E-state index in [2.05, 4.69) is 15.5 Å². The lowest BCUT2D eigenvalue weighted by molar-refractivity contribution is 0.0927. The molecule has 0 aliphatic heterocycles. The number of aryl methyl sites for hydroxylation is 2. The van der Waals surface area contributed by atoms with Gasteiger partial charge in [0.2, 0.25) is 0 Å². The van der Waals surface area contributed by atoms with Crippen LogP contribution < -0.4 is 5.32 Å². The molecule has 3 rings (SSSR count). The zero-order chi connectivity index (χ0) is 12.5. The maximum atomic E-state index is 12.0. The monoisotopic (exact) mass is 245 g/mol. The number of aromatic amines is 1. The van der Waals surface area contributed by atoms with Crippen molar-refractivity contribution in [2.24, 2.45) is 0 Å². The number of nitrogens with one attached hydrogen (secondary N) is 2. The molecule has 0 saturated carbocycles. The van der Waals surface area contributed by atoms with E-state index in [4.69, 9.17) is 4.42 Å². The van der Waals surface area contributed by atoms with Crippen molar-refractivity contribution >= 4 is 5.91 Å². The highest BCUT2D eigenvalue weighted by molar-refractivity contribution is 5.92. The Morgan fingerprint density at radius 1 is 1.61 bits per heavy atom. The van der Waals surface area contributed by atoms with Crippen LogP contribution in [0.5, 0.6) is 0 Å². The second-order valence-electron chi connectivity index (χ2n) is 4.65. The molecule has 1 aliphatic rings. The molecule has 2 heterocycles. The van der Waals surface area contributed by atoms with E-state index in [9.17, 15) is 4.79 Å². The highest BCUT2D eigenvalue weighted by Crippen LogP contribution is 2.30. The van der Waals surface area contributed by atoms with Crippen molar-refractivity contribution in [1.82, 2.24) is 15.5 Å². The average Bonchev–Trinajstić information content (AvgIpc) is 2.97. The van der Waals surface area contributed by atoms with Gasteiger partial charge in [-0.05, 0) is 31.9 Å². The molecule has 2 aromatic rings. The smallest absolute Gasteiger partial charge is 0.272 e. The highest BCUT2D eigenvalue weighted by Gasteiger charge is 2.24. The van der Waals surface area contributed by atoms with E-state index < -0.39 is 0 Å². The number of hydrogen-bond acceptors (Lipinski definition) is 3. The quantitative estimate of drug-likeness (QED) is 0.851. The molecule has 5 heteroatoms. The number of carbonyl (C=O) groups excluding carboxylic acids is 1. The third-order valence-corrected chi connectivity index (χ3v) is 3.30. The van der Waals surface area contributed by atoms with Gasteiger partial charge in [-0.15, -0.1) is 0 Å². The molecule has 1 aliphatic carbocycles. The molecule has 18 heavy (non-hydrogen) atoms. The Hall–Kier alpha value is -2.04. The molecule has 1 atom stereocenters. The van der Waals surface area contributed by atoms with E-state index in [1.54, 1.807) is 12.3 Å². The summed E-state index contributed by atoms with van der Waals surface area (Å²) in [6.45, 7) is 1.87. The lowest BCUT2D eigenvalue weighted by Crippen LogP contribution is -2.30. The third-order valence-electron chi connectivity index (χ3n) is 3.30. The highest BCUT2D eigenvalue weighted by atomic mass is 16.3. The van der Waals surface area contributed by atoms with Crippen LogP contribution in [0.15, 0.2) is 22.8 Å². The largest absolute Gasteiger partial charge is 0.469 e. The Kier molecular flexibility index (Phi) is 2.66. The van der Waals surface area contributed by atoms with Gasteiger partial charge >= 0.3 is 0 Å². The first-order valence-electron chi connectivity index (χ1n) is 6.13. The van der Waals surface area contributed by atoms with Crippen molar-refractivity contribution in [3.63, 3.8) is 0 Å². The van der Waals surface area contributed by atoms with Gasteiger partial charge in [0.15, 0.2) is 0 Å². The van der Waals surface area contributed by atoms with Crippen molar-refractivity contribution in [2.75, 3.05) is 0 Å². The molecular formula is C13H15N3O2. The minimum absolute atomic E-state index is 0.0389. The second-order valence-corrected chi connectivity index (χ2v) is 4.65. The molecule has 5 nitrogen and oxygen atoms in total. The summed E-state index contributed by atoms with van der Waals surface area (Å²) < 4.78 is 5.40. The topological polar surface area (TPSA) is 70.9 Å².